The Balaban J connectivity index is 0.00000242. The van der Waals surface area contributed by atoms with Crippen molar-refractivity contribution < 1.29 is 9.18 Å². The van der Waals surface area contributed by atoms with Crippen LogP contribution >= 0.6 is 12.4 Å². The molecule has 0 saturated carbocycles. The number of nitrogens with zero attached hydrogens (tertiary/aromatic N) is 3. The molecule has 8 heteroatoms. The van der Waals surface area contributed by atoms with Gasteiger partial charge in [0.1, 0.15) is 5.82 Å². The molecule has 0 aliphatic heterocycles. The van der Waals surface area contributed by atoms with Crippen LogP contribution in [-0.2, 0) is 6.54 Å². The van der Waals surface area contributed by atoms with E-state index in [0.29, 0.717) is 19.5 Å². The Hall–Kier alpha value is -1.99. The minimum Gasteiger partial charge on any atom is -0.351 e. The molecule has 0 aliphatic rings. The lowest BCUT2D eigenvalue weighted by atomic mass is 10.2. The van der Waals surface area contributed by atoms with Gasteiger partial charge < -0.3 is 11.1 Å². The zero-order chi connectivity index (χ0) is 15.2. The standard InChI is InChI=1S/C14H18FN5O.ClH/c1-10(16)5-6-17-14(21)13-9-20(19-18-13)8-11-3-2-4-12(15)7-11;/h2-4,7,9-10H,5-6,8,16H2,1H3,(H,17,21);1H. The lowest BCUT2D eigenvalue weighted by Gasteiger charge is -2.05. The van der Waals surface area contributed by atoms with Gasteiger partial charge in [-0.25, -0.2) is 9.07 Å². The lowest BCUT2D eigenvalue weighted by molar-refractivity contribution is 0.0947. The molecule has 1 aromatic heterocycles. The van der Waals surface area contributed by atoms with Crippen LogP contribution in [0.5, 0.6) is 0 Å². The Bertz CT molecular complexity index is 617. The van der Waals surface area contributed by atoms with Gasteiger partial charge in [0.15, 0.2) is 5.69 Å². The first-order chi connectivity index (χ1) is 10.0. The van der Waals surface area contributed by atoms with E-state index in [1.165, 1.54) is 23.0 Å². The number of hydrogen-bond donors (Lipinski definition) is 2. The molecule has 1 amide bonds. The Morgan fingerprint density at radius 2 is 2.27 bits per heavy atom. The first kappa shape index (κ1) is 18.1. The summed E-state index contributed by atoms with van der Waals surface area (Å²) in [5, 5.41) is 10.4. The van der Waals surface area contributed by atoms with Crippen LogP contribution < -0.4 is 11.1 Å². The largest absolute Gasteiger partial charge is 0.351 e. The van der Waals surface area contributed by atoms with Crippen LogP contribution in [0.25, 0.3) is 0 Å². The molecule has 0 bridgehead atoms. The average molecular weight is 328 g/mol. The van der Waals surface area contributed by atoms with Gasteiger partial charge in [-0.3, -0.25) is 4.79 Å². The highest BCUT2D eigenvalue weighted by Crippen LogP contribution is 2.05. The maximum atomic E-state index is 13.1. The van der Waals surface area contributed by atoms with Gasteiger partial charge >= 0.3 is 0 Å². The van der Waals surface area contributed by atoms with Gasteiger partial charge in [0.25, 0.3) is 5.91 Å². The van der Waals surface area contributed by atoms with Gasteiger partial charge in [-0.15, -0.1) is 17.5 Å². The number of benzene rings is 1. The molecule has 0 spiro atoms. The Morgan fingerprint density at radius 1 is 1.50 bits per heavy atom. The molecule has 1 heterocycles. The van der Waals surface area contributed by atoms with Gasteiger partial charge in [0, 0.05) is 12.6 Å². The van der Waals surface area contributed by atoms with Gasteiger partial charge in [0.2, 0.25) is 0 Å². The minimum atomic E-state index is -0.304. The van der Waals surface area contributed by atoms with Crippen LogP contribution in [0.1, 0.15) is 29.4 Å². The average Bonchev–Trinajstić information content (AvgIpc) is 2.87. The third-order valence-electron chi connectivity index (χ3n) is 2.89. The highest BCUT2D eigenvalue weighted by molar-refractivity contribution is 5.91. The molecule has 0 fully saturated rings. The number of amides is 1. The van der Waals surface area contributed by atoms with Crippen molar-refractivity contribution in [3.05, 3.63) is 47.5 Å². The van der Waals surface area contributed by atoms with E-state index in [0.717, 1.165) is 5.56 Å². The molecular formula is C14H19ClFN5O. The van der Waals surface area contributed by atoms with Crippen LogP contribution in [-0.4, -0.2) is 33.5 Å². The molecule has 3 N–H and O–H groups in total. The quantitative estimate of drug-likeness (QED) is 0.838. The summed E-state index contributed by atoms with van der Waals surface area (Å²) in [7, 11) is 0. The topological polar surface area (TPSA) is 85.8 Å². The third-order valence-corrected chi connectivity index (χ3v) is 2.89. The second-order valence-electron chi connectivity index (χ2n) is 4.95. The third kappa shape index (κ3) is 5.42. The van der Waals surface area contributed by atoms with E-state index in [1.807, 2.05) is 6.92 Å². The predicted molar refractivity (Wildman–Crippen MR) is 83.4 cm³/mol. The highest BCUT2D eigenvalue weighted by Gasteiger charge is 2.10. The van der Waals surface area contributed by atoms with Crippen LogP contribution in [0.3, 0.4) is 0 Å². The molecule has 6 nitrogen and oxygen atoms in total. The monoisotopic (exact) mass is 327 g/mol. The number of halogens is 2. The summed E-state index contributed by atoms with van der Waals surface area (Å²) in [6.45, 7) is 2.73. The van der Waals surface area contributed by atoms with Crippen molar-refractivity contribution in [3.63, 3.8) is 0 Å². The summed E-state index contributed by atoms with van der Waals surface area (Å²) in [6, 6.07) is 6.25. The van der Waals surface area contributed by atoms with Crippen LogP contribution in [0, 0.1) is 5.82 Å². The van der Waals surface area contributed by atoms with Crippen LogP contribution in [0.15, 0.2) is 30.5 Å². The fourth-order valence-corrected chi connectivity index (χ4v) is 1.81. The maximum absolute atomic E-state index is 13.1. The number of hydrogen-bond acceptors (Lipinski definition) is 4. The summed E-state index contributed by atoms with van der Waals surface area (Å²) in [5.41, 5.74) is 6.59. The van der Waals surface area contributed by atoms with Crippen LogP contribution in [0.4, 0.5) is 4.39 Å². The zero-order valence-corrected chi connectivity index (χ0v) is 13.0. The van der Waals surface area contributed by atoms with E-state index in [1.54, 1.807) is 12.1 Å². The molecule has 2 aromatic rings. The Kier molecular flexibility index (Phi) is 6.94. The van der Waals surface area contributed by atoms with E-state index in [-0.39, 0.29) is 35.9 Å². The molecule has 2 rings (SSSR count). The fraction of sp³-hybridized carbons (Fsp3) is 0.357. The van der Waals surface area contributed by atoms with E-state index >= 15 is 0 Å². The summed E-state index contributed by atoms with van der Waals surface area (Å²) in [4.78, 5) is 11.8. The van der Waals surface area contributed by atoms with Crippen molar-refractivity contribution in [1.82, 2.24) is 20.3 Å². The number of rotatable bonds is 6. The highest BCUT2D eigenvalue weighted by atomic mass is 35.5. The van der Waals surface area contributed by atoms with E-state index in [2.05, 4.69) is 15.6 Å². The summed E-state index contributed by atoms with van der Waals surface area (Å²) in [6.07, 6.45) is 2.23. The van der Waals surface area contributed by atoms with Gasteiger partial charge in [0.05, 0.1) is 12.7 Å². The predicted octanol–water partition coefficient (Wildman–Crippen LogP) is 1.35. The Labute approximate surface area is 134 Å². The van der Waals surface area contributed by atoms with E-state index in [4.69, 9.17) is 5.73 Å². The van der Waals surface area contributed by atoms with Gasteiger partial charge in [-0.2, -0.15) is 0 Å². The molecule has 1 atom stereocenters. The van der Waals surface area contributed by atoms with Crippen molar-refractivity contribution in [1.29, 1.82) is 0 Å². The minimum absolute atomic E-state index is 0. The van der Waals surface area contributed by atoms with Gasteiger partial charge in [-0.05, 0) is 31.0 Å². The SMILES string of the molecule is CC(N)CCNC(=O)c1cn(Cc2cccc(F)c2)nn1.Cl. The van der Waals surface area contributed by atoms with E-state index < -0.39 is 0 Å². The van der Waals surface area contributed by atoms with Crippen molar-refractivity contribution >= 4 is 18.3 Å². The number of carbonyl (C=O) groups excluding carboxylic acids is 1. The zero-order valence-electron chi connectivity index (χ0n) is 12.2. The summed E-state index contributed by atoms with van der Waals surface area (Å²) >= 11 is 0. The molecule has 0 saturated heterocycles. The fourth-order valence-electron chi connectivity index (χ4n) is 1.81. The maximum Gasteiger partial charge on any atom is 0.273 e. The number of carbonyl (C=O) groups is 1. The lowest BCUT2D eigenvalue weighted by Crippen LogP contribution is -2.29. The Morgan fingerprint density at radius 3 is 2.95 bits per heavy atom. The molecule has 22 heavy (non-hydrogen) atoms. The molecule has 120 valence electrons. The second-order valence-corrected chi connectivity index (χ2v) is 4.95. The summed E-state index contributed by atoms with van der Waals surface area (Å²) in [5.74, 6) is -0.595. The molecule has 0 aliphatic carbocycles. The van der Waals surface area contributed by atoms with Crippen molar-refractivity contribution in [3.8, 4) is 0 Å². The van der Waals surface area contributed by atoms with Crippen molar-refractivity contribution in [2.45, 2.75) is 25.9 Å². The van der Waals surface area contributed by atoms with Gasteiger partial charge in [-0.1, -0.05) is 17.3 Å². The summed E-state index contributed by atoms with van der Waals surface area (Å²) < 4.78 is 14.6. The van der Waals surface area contributed by atoms with E-state index in [9.17, 15) is 9.18 Å². The first-order valence-electron chi connectivity index (χ1n) is 6.73. The number of nitrogens with one attached hydrogen (secondary N) is 1. The number of nitrogens with two attached hydrogens (primary N) is 1. The van der Waals surface area contributed by atoms with Crippen LogP contribution in [0.2, 0.25) is 0 Å². The number of aromatic nitrogens is 3. The molecule has 1 aromatic carbocycles. The second kappa shape index (κ2) is 8.45. The molecule has 0 radical (unpaired) electrons. The molecule has 1 unspecified atom stereocenters. The smallest absolute Gasteiger partial charge is 0.273 e. The normalized spacial score (nSPS) is 11.6. The molecular weight excluding hydrogens is 309 g/mol. The first-order valence-corrected chi connectivity index (χ1v) is 6.73. The van der Waals surface area contributed by atoms with Crippen molar-refractivity contribution in [2.75, 3.05) is 6.54 Å². The van der Waals surface area contributed by atoms with Crippen molar-refractivity contribution in [2.24, 2.45) is 5.73 Å².